The molecule has 16 heavy (non-hydrogen) atoms. The van der Waals surface area contributed by atoms with Crippen LogP contribution in [0, 0.1) is 0 Å². The predicted octanol–water partition coefficient (Wildman–Crippen LogP) is 4.26. The van der Waals surface area contributed by atoms with Gasteiger partial charge in [0.2, 0.25) is 0 Å². The van der Waals surface area contributed by atoms with Crippen molar-refractivity contribution in [2.75, 3.05) is 0 Å². The van der Waals surface area contributed by atoms with Gasteiger partial charge < -0.3 is 4.74 Å². The summed E-state index contributed by atoms with van der Waals surface area (Å²) in [7, 11) is 0. The van der Waals surface area contributed by atoms with Gasteiger partial charge in [-0.2, -0.15) is 0 Å². The third-order valence-electron chi connectivity index (χ3n) is 3.04. The van der Waals surface area contributed by atoms with Crippen LogP contribution >= 0.6 is 0 Å². The van der Waals surface area contributed by atoms with E-state index in [1.54, 1.807) is 0 Å². The van der Waals surface area contributed by atoms with Crippen molar-refractivity contribution in [2.24, 2.45) is 0 Å². The molecule has 0 bridgehead atoms. The van der Waals surface area contributed by atoms with Crippen LogP contribution in [0.4, 0.5) is 0 Å². The summed E-state index contributed by atoms with van der Waals surface area (Å²) in [6, 6.07) is 10.4. The molecule has 0 aromatic heterocycles. The van der Waals surface area contributed by atoms with E-state index >= 15 is 0 Å². The molecule has 0 radical (unpaired) electrons. The molecule has 0 amide bonds. The molecule has 1 aromatic carbocycles. The number of benzene rings is 1. The van der Waals surface area contributed by atoms with Crippen LogP contribution in [0.15, 0.2) is 42.5 Å². The zero-order valence-corrected chi connectivity index (χ0v) is 9.93. The Morgan fingerprint density at radius 2 is 1.88 bits per heavy atom. The second-order valence-corrected chi connectivity index (χ2v) is 4.39. The lowest BCUT2D eigenvalue weighted by Gasteiger charge is -2.14. The minimum Gasteiger partial charge on any atom is -0.362 e. The lowest BCUT2D eigenvalue weighted by Crippen LogP contribution is -2.07. The first-order chi connectivity index (χ1) is 7.90. The van der Waals surface area contributed by atoms with Crippen LogP contribution in [0.3, 0.4) is 0 Å². The average molecular weight is 216 g/mol. The topological polar surface area (TPSA) is 9.23 Å². The first kappa shape index (κ1) is 11.4. The molecule has 0 saturated carbocycles. The van der Waals surface area contributed by atoms with E-state index in [1.807, 2.05) is 6.07 Å². The molecule has 2 atom stereocenters. The smallest absolute Gasteiger partial charge is 0.102 e. The van der Waals surface area contributed by atoms with Crippen molar-refractivity contribution in [2.45, 2.75) is 44.8 Å². The molecule has 1 aliphatic heterocycles. The van der Waals surface area contributed by atoms with Crippen LogP contribution in [-0.4, -0.2) is 6.10 Å². The molecule has 2 rings (SSSR count). The van der Waals surface area contributed by atoms with Crippen molar-refractivity contribution in [1.29, 1.82) is 0 Å². The van der Waals surface area contributed by atoms with Crippen molar-refractivity contribution in [3.8, 4) is 0 Å². The van der Waals surface area contributed by atoms with Gasteiger partial charge in [-0.05, 0) is 12.0 Å². The summed E-state index contributed by atoms with van der Waals surface area (Å²) >= 11 is 0. The van der Waals surface area contributed by atoms with Gasteiger partial charge >= 0.3 is 0 Å². The van der Waals surface area contributed by atoms with Crippen molar-refractivity contribution < 1.29 is 4.74 Å². The van der Waals surface area contributed by atoms with Crippen LogP contribution in [0.25, 0.3) is 0 Å². The van der Waals surface area contributed by atoms with Gasteiger partial charge in [0.25, 0.3) is 0 Å². The van der Waals surface area contributed by atoms with E-state index in [9.17, 15) is 0 Å². The first-order valence-electron chi connectivity index (χ1n) is 6.29. The fourth-order valence-corrected chi connectivity index (χ4v) is 2.10. The molecule has 0 fully saturated rings. The molecule has 0 N–H and O–H groups in total. The number of rotatable bonds is 5. The summed E-state index contributed by atoms with van der Waals surface area (Å²) in [5.74, 6) is 0. The average Bonchev–Trinajstić information content (AvgIpc) is 2.79. The maximum Gasteiger partial charge on any atom is 0.102 e. The minimum absolute atomic E-state index is 0.174. The third-order valence-corrected chi connectivity index (χ3v) is 3.04. The van der Waals surface area contributed by atoms with Gasteiger partial charge in [-0.3, -0.25) is 0 Å². The zero-order valence-electron chi connectivity index (χ0n) is 9.93. The lowest BCUT2D eigenvalue weighted by atomic mass is 10.1. The van der Waals surface area contributed by atoms with Gasteiger partial charge in [-0.15, -0.1) is 0 Å². The van der Waals surface area contributed by atoms with Crippen LogP contribution < -0.4 is 0 Å². The standard InChI is InChI=1S/C15H20O/c1-2-3-5-10-14-11-12-15(16-14)13-8-6-4-7-9-13/h4,6-9,11-12,14-15H,2-3,5,10H2,1H3/t14-,15+/m1/s1. The highest BCUT2D eigenvalue weighted by Gasteiger charge is 2.19. The fourth-order valence-electron chi connectivity index (χ4n) is 2.10. The van der Waals surface area contributed by atoms with Gasteiger partial charge in [-0.25, -0.2) is 0 Å². The van der Waals surface area contributed by atoms with E-state index in [-0.39, 0.29) is 6.10 Å². The quantitative estimate of drug-likeness (QED) is 0.527. The largest absolute Gasteiger partial charge is 0.362 e. The highest BCUT2D eigenvalue weighted by molar-refractivity contribution is 5.23. The maximum absolute atomic E-state index is 5.98. The second kappa shape index (κ2) is 5.86. The van der Waals surface area contributed by atoms with Crippen molar-refractivity contribution in [3.63, 3.8) is 0 Å². The molecule has 0 unspecified atom stereocenters. The van der Waals surface area contributed by atoms with Crippen LogP contribution in [0.5, 0.6) is 0 Å². The Labute approximate surface area is 98.1 Å². The molecule has 0 spiro atoms. The number of ether oxygens (including phenoxy) is 1. The van der Waals surface area contributed by atoms with Gasteiger partial charge in [0.05, 0.1) is 6.10 Å². The highest BCUT2D eigenvalue weighted by atomic mass is 16.5. The molecule has 0 aliphatic carbocycles. The third kappa shape index (κ3) is 2.96. The van der Waals surface area contributed by atoms with Gasteiger partial charge in [0, 0.05) is 0 Å². The Morgan fingerprint density at radius 3 is 2.62 bits per heavy atom. The molecule has 0 saturated heterocycles. The number of unbranched alkanes of at least 4 members (excludes halogenated alkanes) is 2. The highest BCUT2D eigenvalue weighted by Crippen LogP contribution is 2.28. The Morgan fingerprint density at radius 1 is 1.06 bits per heavy atom. The summed E-state index contributed by atoms with van der Waals surface area (Å²) in [6.07, 6.45) is 9.92. The van der Waals surface area contributed by atoms with Crippen molar-refractivity contribution >= 4 is 0 Å². The summed E-state index contributed by atoms with van der Waals surface area (Å²) < 4.78 is 5.98. The van der Waals surface area contributed by atoms with Gasteiger partial charge in [-0.1, -0.05) is 68.7 Å². The van der Waals surface area contributed by atoms with E-state index < -0.39 is 0 Å². The molecule has 1 aliphatic rings. The van der Waals surface area contributed by atoms with Crippen molar-refractivity contribution in [1.82, 2.24) is 0 Å². The molecule has 1 heteroatoms. The molecule has 1 heterocycles. The summed E-state index contributed by atoms with van der Waals surface area (Å²) in [6.45, 7) is 2.23. The van der Waals surface area contributed by atoms with Crippen LogP contribution in [0.2, 0.25) is 0 Å². The van der Waals surface area contributed by atoms with E-state index in [0.717, 1.165) is 6.42 Å². The van der Waals surface area contributed by atoms with Crippen LogP contribution in [-0.2, 0) is 4.74 Å². The lowest BCUT2D eigenvalue weighted by molar-refractivity contribution is 0.0543. The molecule has 1 aromatic rings. The van der Waals surface area contributed by atoms with Gasteiger partial charge in [0.1, 0.15) is 6.10 Å². The molecular weight excluding hydrogens is 196 g/mol. The number of hydrogen-bond donors (Lipinski definition) is 0. The maximum atomic E-state index is 5.98. The predicted molar refractivity (Wildman–Crippen MR) is 67.3 cm³/mol. The molecule has 86 valence electrons. The van der Waals surface area contributed by atoms with E-state index in [0.29, 0.717) is 6.10 Å². The van der Waals surface area contributed by atoms with E-state index in [4.69, 9.17) is 4.74 Å². The Hall–Kier alpha value is -1.08. The zero-order chi connectivity index (χ0) is 11.2. The van der Waals surface area contributed by atoms with E-state index in [2.05, 4.69) is 43.3 Å². The Kier molecular flexibility index (Phi) is 4.17. The Bertz CT molecular complexity index is 329. The summed E-state index contributed by atoms with van der Waals surface area (Å²) in [5, 5.41) is 0. The van der Waals surface area contributed by atoms with Crippen LogP contribution in [0.1, 0.15) is 44.3 Å². The van der Waals surface area contributed by atoms with E-state index in [1.165, 1.54) is 24.8 Å². The van der Waals surface area contributed by atoms with Crippen molar-refractivity contribution in [3.05, 3.63) is 48.0 Å². The Balaban J connectivity index is 1.83. The second-order valence-electron chi connectivity index (χ2n) is 4.39. The van der Waals surface area contributed by atoms with Gasteiger partial charge in [0.15, 0.2) is 0 Å². The molecule has 1 nitrogen and oxygen atoms in total. The normalized spacial score (nSPS) is 23.8. The molecular formula is C15H20O. The first-order valence-corrected chi connectivity index (χ1v) is 6.29. The summed E-state index contributed by atoms with van der Waals surface area (Å²) in [5.41, 5.74) is 1.26. The minimum atomic E-state index is 0.174. The summed E-state index contributed by atoms with van der Waals surface area (Å²) in [4.78, 5) is 0. The monoisotopic (exact) mass is 216 g/mol. The SMILES string of the molecule is CCCCC[C@@H]1C=C[C@@H](c2ccccc2)O1. The number of hydrogen-bond acceptors (Lipinski definition) is 1. The fraction of sp³-hybridized carbons (Fsp3) is 0.467.